The Kier molecular flexibility index (Phi) is 3.30. The van der Waals surface area contributed by atoms with Crippen LogP contribution in [0.4, 0.5) is 4.39 Å². The van der Waals surface area contributed by atoms with Crippen LogP contribution >= 0.6 is 11.6 Å². The predicted molar refractivity (Wildman–Crippen MR) is 49.7 cm³/mol. The summed E-state index contributed by atoms with van der Waals surface area (Å²) in [6, 6.07) is 2.34. The number of benzene rings is 1. The van der Waals surface area contributed by atoms with E-state index in [-0.39, 0.29) is 17.1 Å². The van der Waals surface area contributed by atoms with Crippen LogP contribution in [0.2, 0.25) is 0 Å². The lowest BCUT2D eigenvalue weighted by atomic mass is 10.2. The molecule has 0 saturated heterocycles. The average Bonchev–Trinajstić information content (AvgIpc) is 2.16. The van der Waals surface area contributed by atoms with Gasteiger partial charge in [0, 0.05) is 0 Å². The van der Waals surface area contributed by atoms with Gasteiger partial charge in [-0.25, -0.2) is 4.39 Å². The van der Waals surface area contributed by atoms with Crippen LogP contribution < -0.4 is 9.47 Å². The van der Waals surface area contributed by atoms with Crippen molar-refractivity contribution in [3.05, 3.63) is 23.5 Å². The fraction of sp³-hybridized carbons (Fsp3) is 0.222. The third-order valence-electron chi connectivity index (χ3n) is 1.68. The second kappa shape index (κ2) is 4.28. The summed E-state index contributed by atoms with van der Waals surface area (Å²) < 4.78 is 22.7. The summed E-state index contributed by atoms with van der Waals surface area (Å²) in [6.45, 7) is 0. The Morgan fingerprint density at radius 2 is 1.86 bits per heavy atom. The van der Waals surface area contributed by atoms with Gasteiger partial charge in [0.1, 0.15) is 0 Å². The number of rotatable bonds is 3. The zero-order valence-electron chi connectivity index (χ0n) is 7.64. The molecule has 0 atom stereocenters. The third kappa shape index (κ3) is 1.80. The quantitative estimate of drug-likeness (QED) is 0.730. The second-order valence-electron chi connectivity index (χ2n) is 2.44. The van der Waals surface area contributed by atoms with Crippen LogP contribution in [0.25, 0.3) is 0 Å². The van der Waals surface area contributed by atoms with Crippen molar-refractivity contribution in [2.24, 2.45) is 0 Å². The van der Waals surface area contributed by atoms with E-state index in [9.17, 15) is 9.18 Å². The first kappa shape index (κ1) is 10.8. The Bertz CT molecular complexity index is 365. The summed E-state index contributed by atoms with van der Waals surface area (Å²) in [5, 5.41) is -0.722. The number of hydrogen-bond acceptors (Lipinski definition) is 3. The van der Waals surface area contributed by atoms with Crippen LogP contribution in [-0.2, 0) is 0 Å². The first-order valence-electron chi connectivity index (χ1n) is 3.72. The molecule has 0 N–H and O–H groups in total. The smallest absolute Gasteiger partial charge is 0.256 e. The molecule has 76 valence electrons. The molecule has 0 aliphatic carbocycles. The Labute approximate surface area is 85.4 Å². The van der Waals surface area contributed by atoms with Crippen molar-refractivity contribution in [2.75, 3.05) is 14.2 Å². The summed E-state index contributed by atoms with van der Waals surface area (Å²) >= 11 is 5.27. The number of halogens is 2. The van der Waals surface area contributed by atoms with E-state index in [4.69, 9.17) is 21.1 Å². The van der Waals surface area contributed by atoms with Gasteiger partial charge in [0.25, 0.3) is 5.24 Å². The second-order valence-corrected chi connectivity index (χ2v) is 2.78. The van der Waals surface area contributed by atoms with E-state index < -0.39 is 11.1 Å². The van der Waals surface area contributed by atoms with Crippen molar-refractivity contribution >= 4 is 16.8 Å². The summed E-state index contributed by atoms with van der Waals surface area (Å²) in [6.07, 6.45) is 0. The van der Waals surface area contributed by atoms with Crippen LogP contribution in [0.3, 0.4) is 0 Å². The number of carbonyl (C=O) groups excluding carboxylic acids is 1. The molecule has 0 saturated carbocycles. The fourth-order valence-electron chi connectivity index (χ4n) is 1.09. The SMILES string of the molecule is COc1c(F)ccc(C(=O)Cl)c1OC. The van der Waals surface area contributed by atoms with Crippen molar-refractivity contribution in [1.29, 1.82) is 0 Å². The molecule has 5 heteroatoms. The molecule has 0 aliphatic rings. The van der Waals surface area contributed by atoms with Crippen LogP contribution in [0.5, 0.6) is 11.5 Å². The maximum Gasteiger partial charge on any atom is 0.256 e. The molecule has 1 aromatic rings. The molecule has 0 unspecified atom stereocenters. The van der Waals surface area contributed by atoms with Gasteiger partial charge in [0.05, 0.1) is 19.8 Å². The molecule has 1 aromatic carbocycles. The molecule has 0 fully saturated rings. The fourth-order valence-corrected chi connectivity index (χ4v) is 1.24. The lowest BCUT2D eigenvalue weighted by Crippen LogP contribution is -2.00. The molecule has 0 aliphatic heterocycles. The minimum absolute atomic E-state index is 0.00694. The highest BCUT2D eigenvalue weighted by atomic mass is 35.5. The average molecular weight is 219 g/mol. The lowest BCUT2D eigenvalue weighted by molar-refractivity contribution is 0.107. The van der Waals surface area contributed by atoms with Gasteiger partial charge >= 0.3 is 0 Å². The Hall–Kier alpha value is -1.29. The third-order valence-corrected chi connectivity index (χ3v) is 1.89. The summed E-state index contributed by atoms with van der Waals surface area (Å²) in [4.78, 5) is 10.9. The first-order chi connectivity index (χ1) is 6.61. The molecule has 0 bridgehead atoms. The molecule has 0 aromatic heterocycles. The topological polar surface area (TPSA) is 35.5 Å². The molecule has 14 heavy (non-hydrogen) atoms. The van der Waals surface area contributed by atoms with E-state index in [1.807, 2.05) is 0 Å². The van der Waals surface area contributed by atoms with Crippen molar-refractivity contribution in [3.8, 4) is 11.5 Å². The van der Waals surface area contributed by atoms with Gasteiger partial charge in [-0.3, -0.25) is 4.79 Å². The monoisotopic (exact) mass is 218 g/mol. The van der Waals surface area contributed by atoms with Gasteiger partial charge in [0.2, 0.25) is 0 Å². The van der Waals surface area contributed by atoms with E-state index in [0.717, 1.165) is 6.07 Å². The number of hydrogen-bond donors (Lipinski definition) is 0. The van der Waals surface area contributed by atoms with Crippen LogP contribution in [0.15, 0.2) is 12.1 Å². The van der Waals surface area contributed by atoms with Crippen molar-refractivity contribution < 1.29 is 18.7 Å². The van der Waals surface area contributed by atoms with Crippen molar-refractivity contribution in [1.82, 2.24) is 0 Å². The van der Waals surface area contributed by atoms with Gasteiger partial charge in [-0.2, -0.15) is 0 Å². The molecule has 0 heterocycles. The van der Waals surface area contributed by atoms with Gasteiger partial charge in [-0.05, 0) is 23.7 Å². The van der Waals surface area contributed by atoms with E-state index >= 15 is 0 Å². The minimum Gasteiger partial charge on any atom is -0.492 e. The van der Waals surface area contributed by atoms with Gasteiger partial charge in [-0.1, -0.05) is 0 Å². The molecule has 0 spiro atoms. The van der Waals surface area contributed by atoms with E-state index in [0.29, 0.717) is 0 Å². The van der Waals surface area contributed by atoms with Crippen molar-refractivity contribution in [2.45, 2.75) is 0 Å². The molecular formula is C9H8ClFO3. The van der Waals surface area contributed by atoms with Gasteiger partial charge in [0.15, 0.2) is 17.3 Å². The van der Waals surface area contributed by atoms with Crippen LogP contribution in [0, 0.1) is 5.82 Å². The maximum atomic E-state index is 13.1. The minimum atomic E-state index is -0.722. The highest BCUT2D eigenvalue weighted by Crippen LogP contribution is 2.34. The largest absolute Gasteiger partial charge is 0.492 e. The predicted octanol–water partition coefficient (Wildman–Crippen LogP) is 2.22. The Morgan fingerprint density at radius 3 is 2.29 bits per heavy atom. The lowest BCUT2D eigenvalue weighted by Gasteiger charge is -2.10. The van der Waals surface area contributed by atoms with Crippen LogP contribution in [0.1, 0.15) is 10.4 Å². The molecule has 0 radical (unpaired) electrons. The van der Waals surface area contributed by atoms with E-state index in [2.05, 4.69) is 0 Å². The normalized spacial score (nSPS) is 9.71. The summed E-state index contributed by atoms with van der Waals surface area (Å²) in [7, 11) is 2.59. The zero-order valence-corrected chi connectivity index (χ0v) is 8.39. The molecule has 1 rings (SSSR count). The first-order valence-corrected chi connectivity index (χ1v) is 4.10. The summed E-state index contributed by atoms with van der Waals surface area (Å²) in [5.41, 5.74) is 0.0763. The number of ether oxygens (including phenoxy) is 2. The van der Waals surface area contributed by atoms with Crippen molar-refractivity contribution in [3.63, 3.8) is 0 Å². The Morgan fingerprint density at radius 1 is 1.29 bits per heavy atom. The maximum absolute atomic E-state index is 13.1. The van der Waals surface area contributed by atoms with Gasteiger partial charge in [-0.15, -0.1) is 0 Å². The van der Waals surface area contributed by atoms with E-state index in [1.54, 1.807) is 0 Å². The number of methoxy groups -OCH3 is 2. The van der Waals surface area contributed by atoms with Crippen LogP contribution in [-0.4, -0.2) is 19.5 Å². The van der Waals surface area contributed by atoms with Gasteiger partial charge < -0.3 is 9.47 Å². The summed E-state index contributed by atoms with van der Waals surface area (Å²) in [5.74, 6) is -0.725. The molecular weight excluding hydrogens is 211 g/mol. The molecule has 0 amide bonds. The Balaban J connectivity index is 3.40. The highest BCUT2D eigenvalue weighted by Gasteiger charge is 2.18. The standard InChI is InChI=1S/C9H8ClFO3/c1-13-7-5(9(10)12)3-4-6(11)8(7)14-2/h3-4H,1-2H3. The number of carbonyl (C=O) groups is 1. The molecule has 3 nitrogen and oxygen atoms in total. The van der Waals surface area contributed by atoms with E-state index in [1.165, 1.54) is 20.3 Å². The zero-order chi connectivity index (χ0) is 10.7. The highest BCUT2D eigenvalue weighted by molar-refractivity contribution is 6.68.